The Morgan fingerprint density at radius 2 is 2.30 bits per heavy atom. The minimum atomic E-state index is -0.178. The van der Waals surface area contributed by atoms with Crippen LogP contribution in [-0.2, 0) is 0 Å². The summed E-state index contributed by atoms with van der Waals surface area (Å²) >= 11 is 0. The lowest BCUT2D eigenvalue weighted by molar-refractivity contribution is 0.442. The highest BCUT2D eigenvalue weighted by Crippen LogP contribution is 2.26. The molecular weight excluding hydrogens is 292 g/mol. The van der Waals surface area contributed by atoms with E-state index < -0.39 is 0 Å². The molecule has 1 saturated heterocycles. The number of aromatic amines is 1. The first-order chi connectivity index (χ1) is 11.2. The first-order valence-electron chi connectivity index (χ1n) is 7.90. The van der Waals surface area contributed by atoms with Crippen molar-refractivity contribution in [2.45, 2.75) is 19.8 Å². The third-order valence-corrected chi connectivity index (χ3v) is 4.34. The van der Waals surface area contributed by atoms with Gasteiger partial charge in [-0.3, -0.25) is 9.78 Å². The molecule has 3 aromatic rings. The molecule has 3 aromatic heterocycles. The average Bonchev–Trinajstić information content (AvgIpc) is 3.08. The predicted molar refractivity (Wildman–Crippen MR) is 88.5 cm³/mol. The maximum Gasteiger partial charge on any atom is 0.262 e. The van der Waals surface area contributed by atoms with Gasteiger partial charge >= 0.3 is 0 Å². The van der Waals surface area contributed by atoms with Gasteiger partial charge in [-0.25, -0.2) is 4.98 Å². The minimum Gasteiger partial charge on any atom is -0.464 e. The van der Waals surface area contributed by atoms with Gasteiger partial charge < -0.3 is 9.32 Å². The fraction of sp³-hybridized carbons (Fsp3) is 0.353. The second-order valence-electron chi connectivity index (χ2n) is 6.12. The average molecular weight is 310 g/mol. The van der Waals surface area contributed by atoms with Crippen molar-refractivity contribution in [1.29, 1.82) is 0 Å². The summed E-state index contributed by atoms with van der Waals surface area (Å²) in [6.45, 7) is 4.04. The maximum absolute atomic E-state index is 12.6. The van der Waals surface area contributed by atoms with Gasteiger partial charge in [0.05, 0.1) is 11.6 Å². The summed E-state index contributed by atoms with van der Waals surface area (Å²) in [6, 6.07) is 5.40. The van der Waals surface area contributed by atoms with E-state index in [0.29, 0.717) is 34.2 Å². The minimum absolute atomic E-state index is 0.178. The number of fused-ring (bicyclic) bond motifs is 1. The summed E-state index contributed by atoms with van der Waals surface area (Å²) < 4.78 is 5.42. The Kier molecular flexibility index (Phi) is 3.37. The maximum atomic E-state index is 12.6. The van der Waals surface area contributed by atoms with Crippen molar-refractivity contribution in [2.75, 3.05) is 18.0 Å². The van der Waals surface area contributed by atoms with Crippen LogP contribution >= 0.6 is 0 Å². The molecule has 1 N–H and O–H groups in total. The van der Waals surface area contributed by atoms with E-state index in [1.54, 1.807) is 24.6 Å². The van der Waals surface area contributed by atoms with Gasteiger partial charge in [-0.05, 0) is 37.0 Å². The fourth-order valence-corrected chi connectivity index (χ4v) is 3.22. The highest BCUT2D eigenvalue weighted by Gasteiger charge is 2.20. The van der Waals surface area contributed by atoms with Gasteiger partial charge in [-0.15, -0.1) is 0 Å². The van der Waals surface area contributed by atoms with Crippen LogP contribution in [0.15, 0.2) is 39.9 Å². The number of pyridine rings is 1. The van der Waals surface area contributed by atoms with Gasteiger partial charge in [-0.2, -0.15) is 4.98 Å². The predicted octanol–water partition coefficient (Wildman–Crippen LogP) is 2.81. The molecule has 0 aromatic carbocycles. The lowest BCUT2D eigenvalue weighted by Crippen LogP contribution is -2.36. The Morgan fingerprint density at radius 1 is 1.39 bits per heavy atom. The van der Waals surface area contributed by atoms with E-state index in [9.17, 15) is 4.79 Å². The van der Waals surface area contributed by atoms with Gasteiger partial charge in [0.1, 0.15) is 5.76 Å². The molecule has 1 fully saturated rings. The van der Waals surface area contributed by atoms with Crippen LogP contribution in [0.5, 0.6) is 0 Å². The summed E-state index contributed by atoms with van der Waals surface area (Å²) in [5.74, 6) is 1.86. The molecule has 0 aliphatic carbocycles. The number of hydrogen-bond donors (Lipinski definition) is 1. The van der Waals surface area contributed by atoms with Crippen LogP contribution in [-0.4, -0.2) is 28.0 Å². The summed E-state index contributed by atoms with van der Waals surface area (Å²) in [6.07, 6.45) is 5.58. The van der Waals surface area contributed by atoms with E-state index in [1.165, 1.54) is 6.42 Å². The highest BCUT2D eigenvalue weighted by atomic mass is 16.3. The smallest absolute Gasteiger partial charge is 0.262 e. The molecule has 4 heterocycles. The molecule has 1 aliphatic heterocycles. The number of furan rings is 1. The number of rotatable bonds is 2. The highest BCUT2D eigenvalue weighted by molar-refractivity contribution is 5.90. The number of hydrogen-bond acceptors (Lipinski definition) is 5. The Morgan fingerprint density at radius 3 is 3.09 bits per heavy atom. The van der Waals surface area contributed by atoms with Crippen LogP contribution in [0, 0.1) is 5.92 Å². The van der Waals surface area contributed by atoms with E-state index in [0.717, 1.165) is 19.5 Å². The third kappa shape index (κ3) is 2.50. The van der Waals surface area contributed by atoms with Crippen molar-refractivity contribution < 1.29 is 4.42 Å². The van der Waals surface area contributed by atoms with E-state index in [2.05, 4.69) is 26.8 Å². The zero-order valence-electron chi connectivity index (χ0n) is 13.0. The molecule has 0 bridgehead atoms. The number of H-pyrrole nitrogens is 1. The largest absolute Gasteiger partial charge is 0.464 e. The van der Waals surface area contributed by atoms with Gasteiger partial charge in [0.2, 0.25) is 5.95 Å². The molecule has 0 spiro atoms. The molecule has 1 atom stereocenters. The number of piperidine rings is 1. The van der Waals surface area contributed by atoms with Crippen molar-refractivity contribution in [1.82, 2.24) is 15.0 Å². The summed E-state index contributed by atoms with van der Waals surface area (Å²) in [4.78, 5) is 26.6. The van der Waals surface area contributed by atoms with Crippen molar-refractivity contribution >= 4 is 17.0 Å². The van der Waals surface area contributed by atoms with Crippen LogP contribution in [0.1, 0.15) is 19.8 Å². The first-order valence-corrected chi connectivity index (χ1v) is 7.90. The molecule has 0 amide bonds. The molecule has 0 saturated carbocycles. The second kappa shape index (κ2) is 5.53. The van der Waals surface area contributed by atoms with Crippen LogP contribution in [0.3, 0.4) is 0 Å². The molecule has 0 radical (unpaired) electrons. The zero-order valence-corrected chi connectivity index (χ0v) is 13.0. The van der Waals surface area contributed by atoms with Crippen molar-refractivity contribution in [3.8, 4) is 11.3 Å². The lowest BCUT2D eigenvalue weighted by atomic mass is 10.0. The zero-order chi connectivity index (χ0) is 15.8. The summed E-state index contributed by atoms with van der Waals surface area (Å²) in [5, 5.41) is 0.469. The first kappa shape index (κ1) is 14.0. The molecule has 23 heavy (non-hydrogen) atoms. The standard InChI is InChI=1S/C17H18N4O2/c1-11-4-2-8-21(10-11)17-19-15-14(16(22)20-17)12(6-7-18-15)13-5-3-9-23-13/h3,5-7,9,11H,2,4,8,10H2,1H3,(H,18,19,20,22)/t11-/m1/s1. The van der Waals surface area contributed by atoms with Crippen LogP contribution in [0.4, 0.5) is 5.95 Å². The van der Waals surface area contributed by atoms with Gasteiger partial charge in [-0.1, -0.05) is 6.92 Å². The van der Waals surface area contributed by atoms with Crippen LogP contribution in [0.2, 0.25) is 0 Å². The summed E-state index contributed by atoms with van der Waals surface area (Å²) in [5.41, 5.74) is 0.992. The number of nitrogens with zero attached hydrogens (tertiary/aromatic N) is 3. The number of aromatic nitrogens is 3. The Hall–Kier alpha value is -2.63. The van der Waals surface area contributed by atoms with E-state index in [-0.39, 0.29) is 5.56 Å². The van der Waals surface area contributed by atoms with Crippen molar-refractivity contribution in [3.63, 3.8) is 0 Å². The lowest BCUT2D eigenvalue weighted by Gasteiger charge is -2.31. The van der Waals surface area contributed by atoms with Gasteiger partial charge in [0.25, 0.3) is 5.56 Å². The Bertz CT molecular complexity index is 885. The fourth-order valence-electron chi connectivity index (χ4n) is 3.22. The number of anilines is 1. The second-order valence-corrected chi connectivity index (χ2v) is 6.12. The monoisotopic (exact) mass is 310 g/mol. The summed E-state index contributed by atoms with van der Waals surface area (Å²) in [7, 11) is 0. The molecule has 6 heteroatoms. The van der Waals surface area contributed by atoms with Crippen molar-refractivity contribution in [3.05, 3.63) is 41.0 Å². The van der Waals surface area contributed by atoms with Crippen molar-refractivity contribution in [2.24, 2.45) is 5.92 Å². The SMILES string of the molecule is C[C@@H]1CCCN(c2nc3nccc(-c4ccco4)c3c(=O)[nH]2)C1. The van der Waals surface area contributed by atoms with Crippen LogP contribution in [0.25, 0.3) is 22.4 Å². The van der Waals surface area contributed by atoms with E-state index >= 15 is 0 Å². The topological polar surface area (TPSA) is 75.0 Å². The quantitative estimate of drug-likeness (QED) is 0.787. The normalized spacial score (nSPS) is 18.5. The van der Waals surface area contributed by atoms with E-state index in [4.69, 9.17) is 4.42 Å². The molecular formula is C17H18N4O2. The number of nitrogens with one attached hydrogen (secondary N) is 1. The molecule has 118 valence electrons. The molecule has 0 unspecified atom stereocenters. The van der Waals surface area contributed by atoms with Crippen LogP contribution < -0.4 is 10.5 Å². The molecule has 4 rings (SSSR count). The Labute approximate surface area is 133 Å². The molecule has 6 nitrogen and oxygen atoms in total. The Balaban J connectivity index is 1.84. The molecule has 1 aliphatic rings. The van der Waals surface area contributed by atoms with Gasteiger partial charge in [0, 0.05) is 24.8 Å². The van der Waals surface area contributed by atoms with E-state index in [1.807, 2.05) is 6.07 Å². The van der Waals surface area contributed by atoms with Gasteiger partial charge in [0.15, 0.2) is 5.65 Å². The third-order valence-electron chi connectivity index (χ3n) is 4.34.